The average molecular weight is 451 g/mol. The van der Waals surface area contributed by atoms with Gasteiger partial charge in [0.1, 0.15) is 11.5 Å². The molecule has 0 fully saturated rings. The van der Waals surface area contributed by atoms with Crippen LogP contribution in [0.4, 0.5) is 5.69 Å². The van der Waals surface area contributed by atoms with Crippen LogP contribution in [-0.2, 0) is 19.5 Å². The van der Waals surface area contributed by atoms with E-state index in [0.29, 0.717) is 16.6 Å². The van der Waals surface area contributed by atoms with Gasteiger partial charge < -0.3 is 10.2 Å². The molecular formula is C24H20Cl2N4O. The SMILES string of the molecule is Nc1ccc(-c2ncc3c(n2)CCN(Cc2ccc(-c4cc(Cl)ccc4Cl)o2)C3)cc1. The smallest absolute Gasteiger partial charge is 0.159 e. The summed E-state index contributed by atoms with van der Waals surface area (Å²) >= 11 is 12.4. The zero-order valence-electron chi connectivity index (χ0n) is 16.7. The van der Waals surface area contributed by atoms with Gasteiger partial charge in [-0.1, -0.05) is 23.2 Å². The molecule has 0 amide bonds. The molecule has 0 atom stereocenters. The number of anilines is 1. The van der Waals surface area contributed by atoms with Gasteiger partial charge in [-0.15, -0.1) is 0 Å². The van der Waals surface area contributed by atoms with Crippen LogP contribution in [0.2, 0.25) is 10.0 Å². The van der Waals surface area contributed by atoms with Gasteiger partial charge in [0.05, 0.1) is 17.3 Å². The fourth-order valence-electron chi connectivity index (χ4n) is 3.80. The Kier molecular flexibility index (Phi) is 5.40. The second-order valence-corrected chi connectivity index (χ2v) is 8.48. The molecule has 2 aromatic heterocycles. The number of nitrogens with two attached hydrogens (primary N) is 1. The highest BCUT2D eigenvalue weighted by molar-refractivity contribution is 6.35. The average Bonchev–Trinajstić information content (AvgIpc) is 3.24. The van der Waals surface area contributed by atoms with Crippen molar-refractivity contribution in [2.45, 2.75) is 19.5 Å². The molecule has 7 heteroatoms. The number of nitrogen functional groups attached to an aromatic ring is 1. The molecule has 2 N–H and O–H groups in total. The van der Waals surface area contributed by atoms with Crippen LogP contribution in [0, 0.1) is 0 Å². The van der Waals surface area contributed by atoms with E-state index in [9.17, 15) is 0 Å². The number of rotatable bonds is 4. The van der Waals surface area contributed by atoms with Crippen LogP contribution in [0.25, 0.3) is 22.7 Å². The molecule has 0 radical (unpaired) electrons. The van der Waals surface area contributed by atoms with Gasteiger partial charge >= 0.3 is 0 Å². The van der Waals surface area contributed by atoms with E-state index >= 15 is 0 Å². The minimum atomic E-state index is 0.617. The summed E-state index contributed by atoms with van der Waals surface area (Å²) in [5.74, 6) is 2.34. The van der Waals surface area contributed by atoms with Crippen LogP contribution in [0.15, 0.2) is 65.2 Å². The number of fused-ring (bicyclic) bond motifs is 1. The summed E-state index contributed by atoms with van der Waals surface area (Å²) in [6, 6.07) is 16.9. The van der Waals surface area contributed by atoms with E-state index in [2.05, 4.69) is 9.88 Å². The Morgan fingerprint density at radius 2 is 1.87 bits per heavy atom. The summed E-state index contributed by atoms with van der Waals surface area (Å²) in [4.78, 5) is 11.7. The third-order valence-corrected chi connectivity index (χ3v) is 5.98. The Hall–Kier alpha value is -2.86. The van der Waals surface area contributed by atoms with E-state index in [1.54, 1.807) is 12.1 Å². The summed E-state index contributed by atoms with van der Waals surface area (Å²) < 4.78 is 6.06. The lowest BCUT2D eigenvalue weighted by molar-refractivity contribution is 0.224. The second kappa shape index (κ2) is 8.35. The maximum Gasteiger partial charge on any atom is 0.159 e. The van der Waals surface area contributed by atoms with Crippen molar-refractivity contribution in [3.05, 3.63) is 87.9 Å². The van der Waals surface area contributed by atoms with Gasteiger partial charge in [-0.2, -0.15) is 0 Å². The van der Waals surface area contributed by atoms with Crippen LogP contribution in [0.1, 0.15) is 17.0 Å². The van der Waals surface area contributed by atoms with Crippen LogP contribution in [0.3, 0.4) is 0 Å². The third kappa shape index (κ3) is 4.30. The summed E-state index contributed by atoms with van der Waals surface area (Å²) in [6.07, 6.45) is 2.80. The van der Waals surface area contributed by atoms with Crippen molar-refractivity contribution >= 4 is 28.9 Å². The van der Waals surface area contributed by atoms with Crippen molar-refractivity contribution in [1.29, 1.82) is 0 Å². The molecule has 4 aromatic rings. The molecule has 0 unspecified atom stereocenters. The van der Waals surface area contributed by atoms with E-state index in [-0.39, 0.29) is 0 Å². The standard InChI is InChI=1S/C24H20Cl2N4O/c25-17-3-7-21(26)20(11-17)23-8-6-19(31-23)14-30-10-9-22-16(13-30)12-28-24(29-22)15-1-4-18(27)5-2-15/h1-8,11-12H,9-10,13-14,27H2. The number of aromatic nitrogens is 2. The fraction of sp³-hybridized carbons (Fsp3) is 0.167. The van der Waals surface area contributed by atoms with Crippen LogP contribution in [0.5, 0.6) is 0 Å². The first-order chi connectivity index (χ1) is 15.0. The third-order valence-electron chi connectivity index (χ3n) is 5.42. The highest BCUT2D eigenvalue weighted by Gasteiger charge is 2.20. The van der Waals surface area contributed by atoms with E-state index in [0.717, 1.165) is 64.9 Å². The first-order valence-corrected chi connectivity index (χ1v) is 10.8. The molecule has 0 saturated carbocycles. The molecule has 3 heterocycles. The Morgan fingerprint density at radius 3 is 2.71 bits per heavy atom. The van der Waals surface area contributed by atoms with Crippen molar-refractivity contribution in [3.8, 4) is 22.7 Å². The highest BCUT2D eigenvalue weighted by atomic mass is 35.5. The summed E-state index contributed by atoms with van der Waals surface area (Å²) in [5, 5.41) is 1.24. The van der Waals surface area contributed by atoms with Crippen LogP contribution < -0.4 is 5.73 Å². The van der Waals surface area contributed by atoms with Crippen LogP contribution in [-0.4, -0.2) is 21.4 Å². The van der Waals surface area contributed by atoms with Crippen molar-refractivity contribution in [2.24, 2.45) is 0 Å². The summed E-state index contributed by atoms with van der Waals surface area (Å²) in [7, 11) is 0. The Balaban J connectivity index is 1.30. The number of halogens is 2. The lowest BCUT2D eigenvalue weighted by atomic mass is 10.1. The molecule has 31 heavy (non-hydrogen) atoms. The number of benzene rings is 2. The number of nitrogens with zero attached hydrogens (tertiary/aromatic N) is 3. The lowest BCUT2D eigenvalue weighted by Gasteiger charge is -2.27. The van der Waals surface area contributed by atoms with Gasteiger partial charge in [-0.3, -0.25) is 4.90 Å². The number of furan rings is 1. The van der Waals surface area contributed by atoms with Crippen molar-refractivity contribution < 1.29 is 4.42 Å². The minimum absolute atomic E-state index is 0.617. The molecule has 1 aliphatic rings. The number of hydrogen-bond acceptors (Lipinski definition) is 5. The van der Waals surface area contributed by atoms with E-state index in [1.807, 2.05) is 48.7 Å². The molecule has 5 rings (SSSR count). The molecule has 2 aromatic carbocycles. The van der Waals surface area contributed by atoms with Gasteiger partial charge in [0.2, 0.25) is 0 Å². The molecule has 0 spiro atoms. The Bertz CT molecular complexity index is 1240. The quantitative estimate of drug-likeness (QED) is 0.394. The zero-order chi connectivity index (χ0) is 21.4. The van der Waals surface area contributed by atoms with Gasteiger partial charge in [0.15, 0.2) is 5.82 Å². The molecule has 0 aliphatic carbocycles. The van der Waals surface area contributed by atoms with Gasteiger partial charge in [-0.05, 0) is 54.6 Å². The first kappa shape index (κ1) is 20.1. The summed E-state index contributed by atoms with van der Waals surface area (Å²) in [5.41, 5.74) is 10.5. The maximum atomic E-state index is 6.30. The van der Waals surface area contributed by atoms with Crippen molar-refractivity contribution in [3.63, 3.8) is 0 Å². The largest absolute Gasteiger partial charge is 0.460 e. The van der Waals surface area contributed by atoms with E-state index < -0.39 is 0 Å². The number of hydrogen-bond donors (Lipinski definition) is 1. The highest BCUT2D eigenvalue weighted by Crippen LogP contribution is 2.32. The lowest BCUT2D eigenvalue weighted by Crippen LogP contribution is -2.30. The van der Waals surface area contributed by atoms with Crippen molar-refractivity contribution in [2.75, 3.05) is 12.3 Å². The normalized spacial score (nSPS) is 13.9. The van der Waals surface area contributed by atoms with Gasteiger partial charge in [-0.25, -0.2) is 9.97 Å². The summed E-state index contributed by atoms with van der Waals surface area (Å²) in [6.45, 7) is 2.39. The van der Waals surface area contributed by atoms with Gasteiger partial charge in [0, 0.05) is 53.1 Å². The first-order valence-electron chi connectivity index (χ1n) is 10.0. The van der Waals surface area contributed by atoms with Gasteiger partial charge in [0.25, 0.3) is 0 Å². The molecule has 5 nitrogen and oxygen atoms in total. The van der Waals surface area contributed by atoms with Crippen LogP contribution >= 0.6 is 23.2 Å². The minimum Gasteiger partial charge on any atom is -0.460 e. The van der Waals surface area contributed by atoms with E-state index in [1.165, 1.54) is 0 Å². The molecule has 0 bridgehead atoms. The molecule has 0 saturated heterocycles. The Labute approximate surface area is 190 Å². The Morgan fingerprint density at radius 1 is 1.03 bits per heavy atom. The monoisotopic (exact) mass is 450 g/mol. The predicted molar refractivity (Wildman–Crippen MR) is 124 cm³/mol. The van der Waals surface area contributed by atoms with Crippen molar-refractivity contribution in [1.82, 2.24) is 14.9 Å². The maximum absolute atomic E-state index is 6.30. The second-order valence-electron chi connectivity index (χ2n) is 7.64. The molecule has 1 aliphatic heterocycles. The topological polar surface area (TPSA) is 68.2 Å². The fourth-order valence-corrected chi connectivity index (χ4v) is 4.18. The zero-order valence-corrected chi connectivity index (χ0v) is 18.2. The predicted octanol–water partition coefficient (Wildman–Crippen LogP) is 5.85. The van der Waals surface area contributed by atoms with E-state index in [4.69, 9.17) is 38.3 Å². The molecular weight excluding hydrogens is 431 g/mol. The molecule has 156 valence electrons.